The van der Waals surface area contributed by atoms with E-state index in [2.05, 4.69) is 9.97 Å². The van der Waals surface area contributed by atoms with E-state index in [4.69, 9.17) is 5.73 Å². The van der Waals surface area contributed by atoms with Crippen molar-refractivity contribution in [2.75, 3.05) is 12.3 Å². The predicted molar refractivity (Wildman–Crippen MR) is 120 cm³/mol. The number of benzene rings is 1. The third-order valence-corrected chi connectivity index (χ3v) is 5.99. The van der Waals surface area contributed by atoms with Crippen molar-refractivity contribution in [3.05, 3.63) is 64.8 Å². The minimum absolute atomic E-state index is 0.112. The second-order valence-electron chi connectivity index (χ2n) is 8.01. The molecule has 3 heterocycles. The summed E-state index contributed by atoms with van der Waals surface area (Å²) in [6.07, 6.45) is -3.65. The van der Waals surface area contributed by atoms with Crippen molar-refractivity contribution in [1.82, 2.24) is 14.9 Å². The van der Waals surface area contributed by atoms with E-state index in [9.17, 15) is 18.0 Å². The molecule has 0 fully saturated rings. The number of hydrogen-bond donors (Lipinski definition) is 1. The maximum atomic E-state index is 13.4. The zero-order chi connectivity index (χ0) is 23.0. The van der Waals surface area contributed by atoms with Crippen LogP contribution in [0.25, 0.3) is 21.0 Å². The maximum absolute atomic E-state index is 13.4. The van der Waals surface area contributed by atoms with Gasteiger partial charge in [0.2, 0.25) is 0 Å². The zero-order valence-electron chi connectivity index (χ0n) is 17.5. The van der Waals surface area contributed by atoms with E-state index in [1.807, 2.05) is 25.3 Å². The average molecular weight is 459 g/mol. The highest BCUT2D eigenvalue weighted by Gasteiger charge is 2.30. The van der Waals surface area contributed by atoms with E-state index < -0.39 is 11.7 Å². The van der Waals surface area contributed by atoms with Gasteiger partial charge in [0.15, 0.2) is 0 Å². The molecule has 32 heavy (non-hydrogen) atoms. The van der Waals surface area contributed by atoms with Crippen LogP contribution in [-0.4, -0.2) is 27.3 Å². The van der Waals surface area contributed by atoms with Gasteiger partial charge in [-0.1, -0.05) is 13.8 Å². The fourth-order valence-electron chi connectivity index (χ4n) is 3.61. The highest BCUT2D eigenvalue weighted by Crippen LogP contribution is 2.33. The summed E-state index contributed by atoms with van der Waals surface area (Å²) in [5, 5.41) is 3.70. The minimum atomic E-state index is -4.45. The molecule has 4 rings (SSSR count). The molecule has 1 aromatic carbocycles. The first-order valence-electron chi connectivity index (χ1n) is 10.0. The summed E-state index contributed by atoms with van der Waals surface area (Å²) in [6.45, 7) is 4.50. The first-order valence-corrected chi connectivity index (χ1v) is 10.9. The molecule has 1 amide bonds. The molecule has 2 N–H and O–H groups in total. The van der Waals surface area contributed by atoms with Crippen LogP contribution in [0.3, 0.4) is 0 Å². The summed E-state index contributed by atoms with van der Waals surface area (Å²) in [4.78, 5) is 23.3. The second kappa shape index (κ2) is 8.38. The molecule has 0 spiro atoms. The van der Waals surface area contributed by atoms with E-state index >= 15 is 0 Å². The van der Waals surface area contributed by atoms with Crippen LogP contribution in [0.15, 0.2) is 48.0 Å². The molecular formula is C23H21F3N4OS. The molecule has 0 unspecified atom stereocenters. The average Bonchev–Trinajstić information content (AvgIpc) is 3.23. The van der Waals surface area contributed by atoms with Crippen LogP contribution in [0.4, 0.5) is 19.0 Å². The van der Waals surface area contributed by atoms with Crippen molar-refractivity contribution >= 4 is 44.1 Å². The van der Waals surface area contributed by atoms with E-state index in [0.29, 0.717) is 29.1 Å². The number of fused-ring (bicyclic) bond motifs is 3. The van der Waals surface area contributed by atoms with Gasteiger partial charge in [0, 0.05) is 29.1 Å². The topological polar surface area (TPSA) is 72.1 Å². The van der Waals surface area contributed by atoms with Crippen molar-refractivity contribution in [3.8, 4) is 0 Å². The van der Waals surface area contributed by atoms with Gasteiger partial charge in [-0.05, 0) is 47.7 Å². The van der Waals surface area contributed by atoms with E-state index in [1.165, 1.54) is 17.4 Å². The largest absolute Gasteiger partial charge is 0.417 e. The third-order valence-electron chi connectivity index (χ3n) is 5.05. The van der Waals surface area contributed by atoms with Gasteiger partial charge in [0.25, 0.3) is 5.91 Å². The molecule has 0 aliphatic carbocycles. The summed E-state index contributed by atoms with van der Waals surface area (Å²) in [6, 6.07) is 9.51. The summed E-state index contributed by atoms with van der Waals surface area (Å²) < 4.78 is 39.4. The molecule has 166 valence electrons. The number of nitrogens with zero attached hydrogens (tertiary/aromatic N) is 3. The van der Waals surface area contributed by atoms with Crippen LogP contribution in [0.1, 0.15) is 35.5 Å². The number of hydrogen-bond acceptors (Lipinski definition) is 5. The predicted octanol–water partition coefficient (Wildman–Crippen LogP) is 5.74. The number of aromatic nitrogens is 2. The number of thiophene rings is 1. The van der Waals surface area contributed by atoms with Crippen LogP contribution < -0.4 is 5.73 Å². The van der Waals surface area contributed by atoms with Crippen molar-refractivity contribution in [1.29, 1.82) is 0 Å². The lowest BCUT2D eigenvalue weighted by Crippen LogP contribution is -2.34. The van der Waals surface area contributed by atoms with Gasteiger partial charge in [0.05, 0.1) is 28.0 Å². The Morgan fingerprint density at radius 1 is 1.16 bits per heavy atom. The van der Waals surface area contributed by atoms with Crippen LogP contribution >= 0.6 is 11.3 Å². The standard InChI is InChI=1S/C23H21F3N4OS/c1-13(2)11-30(12-16-5-4-15(10-28-16)23(24,25)26)22(31)14-3-6-19-18(9-14)17-7-8-32-20(17)21(27)29-19/h3-10,13H,11-12H2,1-2H3,(H2,27,29). The molecule has 0 saturated heterocycles. The van der Waals surface area contributed by atoms with Gasteiger partial charge < -0.3 is 10.6 Å². The number of nitrogen functional groups attached to an aromatic ring is 1. The molecule has 0 bridgehead atoms. The number of anilines is 1. The van der Waals surface area contributed by atoms with E-state index in [-0.39, 0.29) is 18.4 Å². The Kier molecular flexibility index (Phi) is 5.77. The maximum Gasteiger partial charge on any atom is 0.417 e. The lowest BCUT2D eigenvalue weighted by molar-refractivity contribution is -0.137. The highest BCUT2D eigenvalue weighted by molar-refractivity contribution is 7.18. The number of alkyl halides is 3. The van der Waals surface area contributed by atoms with Crippen molar-refractivity contribution in [2.24, 2.45) is 5.92 Å². The molecular weight excluding hydrogens is 437 g/mol. The molecule has 0 aliphatic rings. The van der Waals surface area contributed by atoms with Crippen LogP contribution in [0.2, 0.25) is 0 Å². The van der Waals surface area contributed by atoms with Crippen molar-refractivity contribution in [2.45, 2.75) is 26.6 Å². The summed E-state index contributed by atoms with van der Waals surface area (Å²) in [7, 11) is 0. The van der Waals surface area contributed by atoms with Crippen molar-refractivity contribution < 1.29 is 18.0 Å². The molecule has 3 aromatic heterocycles. The summed E-state index contributed by atoms with van der Waals surface area (Å²) in [5.74, 6) is 0.401. The molecule has 0 atom stereocenters. The molecule has 0 saturated carbocycles. The van der Waals surface area contributed by atoms with Gasteiger partial charge in [0.1, 0.15) is 5.82 Å². The Balaban J connectivity index is 1.67. The fourth-order valence-corrected chi connectivity index (χ4v) is 4.42. The summed E-state index contributed by atoms with van der Waals surface area (Å²) >= 11 is 1.49. The van der Waals surface area contributed by atoms with Gasteiger partial charge in [-0.25, -0.2) is 4.98 Å². The molecule has 0 aliphatic heterocycles. The molecule has 9 heteroatoms. The van der Waals surface area contributed by atoms with Crippen LogP contribution in [0, 0.1) is 5.92 Å². The first-order chi connectivity index (χ1) is 15.1. The van der Waals surface area contributed by atoms with Gasteiger partial charge in [-0.3, -0.25) is 9.78 Å². The van der Waals surface area contributed by atoms with E-state index in [1.54, 1.807) is 23.1 Å². The Morgan fingerprint density at radius 2 is 1.94 bits per heavy atom. The number of halogens is 3. The molecule has 4 aromatic rings. The molecule has 5 nitrogen and oxygen atoms in total. The Hall–Kier alpha value is -3.20. The Morgan fingerprint density at radius 3 is 2.59 bits per heavy atom. The Labute approximate surface area is 186 Å². The lowest BCUT2D eigenvalue weighted by Gasteiger charge is -2.25. The van der Waals surface area contributed by atoms with E-state index in [0.717, 1.165) is 27.7 Å². The van der Waals surface area contributed by atoms with Crippen molar-refractivity contribution in [3.63, 3.8) is 0 Å². The monoisotopic (exact) mass is 458 g/mol. The smallest absolute Gasteiger partial charge is 0.382 e. The molecule has 0 radical (unpaired) electrons. The second-order valence-corrected chi connectivity index (χ2v) is 8.92. The SMILES string of the molecule is CC(C)CN(Cc1ccc(C(F)(F)F)cn1)C(=O)c1ccc2nc(N)c3sccc3c2c1. The number of carbonyl (C=O) groups excluding carboxylic acids is 1. The quantitative estimate of drug-likeness (QED) is 0.414. The van der Waals surface area contributed by atoms with Gasteiger partial charge >= 0.3 is 6.18 Å². The zero-order valence-corrected chi connectivity index (χ0v) is 18.3. The normalized spacial score (nSPS) is 12.1. The summed E-state index contributed by atoms with van der Waals surface area (Å²) in [5.41, 5.74) is 6.79. The van der Waals surface area contributed by atoms with Gasteiger partial charge in [-0.2, -0.15) is 13.2 Å². The number of nitrogens with two attached hydrogens (primary N) is 1. The van der Waals surface area contributed by atoms with Crippen LogP contribution in [0.5, 0.6) is 0 Å². The first kappa shape index (κ1) is 22.0. The highest BCUT2D eigenvalue weighted by atomic mass is 32.1. The third kappa shape index (κ3) is 4.38. The Bertz CT molecular complexity index is 1280. The van der Waals surface area contributed by atoms with Crippen LogP contribution in [-0.2, 0) is 12.7 Å². The fraction of sp³-hybridized carbons (Fsp3) is 0.261. The number of carbonyl (C=O) groups is 1. The van der Waals surface area contributed by atoms with Gasteiger partial charge in [-0.15, -0.1) is 11.3 Å². The number of amides is 1. The minimum Gasteiger partial charge on any atom is -0.382 e. The number of pyridine rings is 2. The lowest BCUT2D eigenvalue weighted by atomic mass is 10.1. The number of rotatable bonds is 5.